The highest BCUT2D eigenvalue weighted by Gasteiger charge is 2.36. The molecule has 10 heteroatoms. The summed E-state index contributed by atoms with van der Waals surface area (Å²) < 4.78 is 27.6. The number of carboxylic acids is 1. The Bertz CT molecular complexity index is 642. The fraction of sp³-hybridized carbons (Fsp3) is 0.600. The molecule has 1 saturated heterocycles. The van der Waals surface area contributed by atoms with E-state index in [0.717, 1.165) is 4.31 Å². The minimum absolute atomic E-state index is 0.0212. The molecule has 1 aliphatic rings. The number of hydrogen-bond acceptors (Lipinski definition) is 5. The fourth-order valence-corrected chi connectivity index (χ4v) is 4.30. The van der Waals surface area contributed by atoms with Gasteiger partial charge in [-0.2, -0.15) is 9.40 Å². The highest BCUT2D eigenvalue weighted by atomic mass is 35.5. The molecule has 0 radical (unpaired) electrons. The predicted octanol–water partition coefficient (Wildman–Crippen LogP) is -0.571. The van der Waals surface area contributed by atoms with Crippen LogP contribution in [0.5, 0.6) is 0 Å². The van der Waals surface area contributed by atoms with E-state index >= 15 is 0 Å². The number of sulfonamides is 1. The van der Waals surface area contributed by atoms with Crippen LogP contribution in [0.25, 0.3) is 0 Å². The average Bonchev–Trinajstić information content (AvgIpc) is 2.63. The summed E-state index contributed by atoms with van der Waals surface area (Å²) in [5, 5.41) is 15.7. The van der Waals surface area contributed by atoms with E-state index in [4.69, 9.17) is 16.7 Å². The second-order valence-electron chi connectivity index (χ2n) is 4.54. The number of piperazine rings is 1. The molecule has 2 heterocycles. The first-order valence-corrected chi connectivity index (χ1v) is 7.72. The Labute approximate surface area is 121 Å². The fourth-order valence-electron chi connectivity index (χ4n) is 2.14. The van der Waals surface area contributed by atoms with Crippen molar-refractivity contribution in [1.82, 2.24) is 19.4 Å². The van der Waals surface area contributed by atoms with Gasteiger partial charge in [0.15, 0.2) is 0 Å². The van der Waals surface area contributed by atoms with Crippen molar-refractivity contribution in [3.8, 4) is 0 Å². The van der Waals surface area contributed by atoms with Gasteiger partial charge >= 0.3 is 5.97 Å². The number of rotatable bonds is 3. The minimum Gasteiger partial charge on any atom is -0.480 e. The maximum absolute atomic E-state index is 12.6. The van der Waals surface area contributed by atoms with E-state index < -0.39 is 22.0 Å². The molecule has 1 aromatic rings. The van der Waals surface area contributed by atoms with Gasteiger partial charge in [0.2, 0.25) is 10.0 Å². The third-order valence-corrected chi connectivity index (χ3v) is 5.70. The van der Waals surface area contributed by atoms with Gasteiger partial charge in [0.1, 0.15) is 16.1 Å². The average molecular weight is 323 g/mol. The summed E-state index contributed by atoms with van der Waals surface area (Å²) in [5.74, 6) is -1.08. The van der Waals surface area contributed by atoms with Crippen LogP contribution in [-0.2, 0) is 21.9 Å². The van der Waals surface area contributed by atoms with Crippen molar-refractivity contribution in [3.05, 3.63) is 10.8 Å². The van der Waals surface area contributed by atoms with E-state index in [1.807, 2.05) is 0 Å². The lowest BCUT2D eigenvalue weighted by molar-refractivity contribution is -0.140. The van der Waals surface area contributed by atoms with Gasteiger partial charge in [-0.3, -0.25) is 9.48 Å². The molecule has 0 amide bonds. The van der Waals surface area contributed by atoms with Crippen LogP contribution < -0.4 is 5.32 Å². The third-order valence-electron chi connectivity index (χ3n) is 3.13. The van der Waals surface area contributed by atoms with E-state index in [9.17, 15) is 13.2 Å². The molecule has 0 bridgehead atoms. The molecule has 1 aromatic heterocycles. The van der Waals surface area contributed by atoms with Gasteiger partial charge in [0.05, 0.1) is 5.69 Å². The number of halogens is 1. The summed E-state index contributed by atoms with van der Waals surface area (Å²) in [7, 11) is -2.31. The molecule has 1 aliphatic heterocycles. The molecular weight excluding hydrogens is 308 g/mol. The molecule has 20 heavy (non-hydrogen) atoms. The van der Waals surface area contributed by atoms with Crippen molar-refractivity contribution in [3.63, 3.8) is 0 Å². The van der Waals surface area contributed by atoms with Crippen molar-refractivity contribution >= 4 is 27.6 Å². The number of carboxylic acid groups (broad SMARTS) is 1. The number of hydrogen-bond donors (Lipinski definition) is 2. The highest BCUT2D eigenvalue weighted by Crippen LogP contribution is 2.27. The number of aryl methyl sites for hydroxylation is 2. The summed E-state index contributed by atoms with van der Waals surface area (Å²) in [6, 6.07) is -0.922. The largest absolute Gasteiger partial charge is 0.480 e. The number of carbonyl (C=O) groups is 1. The Morgan fingerprint density at radius 2 is 2.20 bits per heavy atom. The monoisotopic (exact) mass is 322 g/mol. The molecule has 112 valence electrons. The van der Waals surface area contributed by atoms with Crippen LogP contribution in [0.3, 0.4) is 0 Å². The van der Waals surface area contributed by atoms with Crippen LogP contribution in [0.4, 0.5) is 0 Å². The normalized spacial score (nSPS) is 21.1. The molecule has 2 N–H and O–H groups in total. The molecule has 1 fully saturated rings. The Hall–Kier alpha value is -1.16. The van der Waals surface area contributed by atoms with E-state index in [1.54, 1.807) is 14.0 Å². The van der Waals surface area contributed by atoms with Gasteiger partial charge in [-0.05, 0) is 6.92 Å². The number of nitrogens with one attached hydrogen (secondary N) is 1. The quantitative estimate of drug-likeness (QED) is 0.772. The van der Waals surface area contributed by atoms with Crippen LogP contribution in [0.15, 0.2) is 4.90 Å². The van der Waals surface area contributed by atoms with Gasteiger partial charge in [-0.25, -0.2) is 8.42 Å². The van der Waals surface area contributed by atoms with Crippen LogP contribution in [0.1, 0.15) is 5.69 Å². The Morgan fingerprint density at radius 3 is 2.70 bits per heavy atom. The first-order chi connectivity index (χ1) is 9.25. The van der Waals surface area contributed by atoms with E-state index in [0.29, 0.717) is 5.69 Å². The topological polar surface area (TPSA) is 105 Å². The second-order valence-corrected chi connectivity index (χ2v) is 6.77. The molecular formula is C10H15ClN4O4S. The van der Waals surface area contributed by atoms with Crippen molar-refractivity contribution in [1.29, 1.82) is 0 Å². The zero-order valence-electron chi connectivity index (χ0n) is 11.0. The molecule has 1 unspecified atom stereocenters. The maximum Gasteiger partial charge on any atom is 0.322 e. The van der Waals surface area contributed by atoms with Gasteiger partial charge in [0.25, 0.3) is 0 Å². The zero-order valence-corrected chi connectivity index (χ0v) is 12.6. The first kappa shape index (κ1) is 15.2. The molecule has 0 spiro atoms. The molecule has 2 rings (SSSR count). The summed E-state index contributed by atoms with van der Waals surface area (Å²) in [6.45, 7) is 1.88. The van der Waals surface area contributed by atoms with Crippen molar-refractivity contribution in [2.45, 2.75) is 17.9 Å². The predicted molar refractivity (Wildman–Crippen MR) is 71.1 cm³/mol. The standard InChI is InChI=1S/C10H15ClN4O4S/c1-6-8(9(11)14(2)13-6)20(18,19)15-4-3-12-7(5-15)10(16)17/h7,12H,3-5H2,1-2H3,(H,16,17). The molecule has 1 atom stereocenters. The van der Waals surface area contributed by atoms with Gasteiger partial charge in [-0.15, -0.1) is 0 Å². The maximum atomic E-state index is 12.6. The van der Waals surface area contributed by atoms with Crippen LogP contribution in [-0.4, -0.2) is 59.3 Å². The van der Waals surface area contributed by atoms with E-state index in [2.05, 4.69) is 10.4 Å². The summed E-state index contributed by atoms with van der Waals surface area (Å²) in [4.78, 5) is 10.9. The number of aromatic nitrogens is 2. The SMILES string of the molecule is Cc1nn(C)c(Cl)c1S(=O)(=O)N1CCNC(C(=O)O)C1. The van der Waals surface area contributed by atoms with Crippen LogP contribution in [0.2, 0.25) is 5.15 Å². The highest BCUT2D eigenvalue weighted by molar-refractivity contribution is 7.89. The first-order valence-electron chi connectivity index (χ1n) is 5.90. The summed E-state index contributed by atoms with van der Waals surface area (Å²) in [5.41, 5.74) is 0.294. The molecule has 0 aliphatic carbocycles. The summed E-state index contributed by atoms with van der Waals surface area (Å²) >= 11 is 5.98. The third kappa shape index (κ3) is 2.53. The number of aliphatic carboxylic acids is 1. The van der Waals surface area contributed by atoms with Crippen molar-refractivity contribution < 1.29 is 18.3 Å². The molecule has 0 saturated carbocycles. The van der Waals surface area contributed by atoms with Gasteiger partial charge in [-0.1, -0.05) is 11.6 Å². The van der Waals surface area contributed by atoms with Crippen LogP contribution in [0, 0.1) is 6.92 Å². The second kappa shape index (κ2) is 5.32. The van der Waals surface area contributed by atoms with Crippen LogP contribution >= 0.6 is 11.6 Å². The van der Waals surface area contributed by atoms with Gasteiger partial charge < -0.3 is 10.4 Å². The van der Waals surface area contributed by atoms with E-state index in [-0.39, 0.29) is 29.7 Å². The zero-order chi connectivity index (χ0) is 15.1. The Balaban J connectivity index is 2.37. The minimum atomic E-state index is -3.85. The smallest absolute Gasteiger partial charge is 0.322 e. The van der Waals surface area contributed by atoms with Crippen molar-refractivity contribution in [2.75, 3.05) is 19.6 Å². The Kier molecular flexibility index (Phi) is 4.05. The summed E-state index contributed by atoms with van der Waals surface area (Å²) in [6.07, 6.45) is 0. The Morgan fingerprint density at radius 1 is 1.55 bits per heavy atom. The molecule has 0 aromatic carbocycles. The van der Waals surface area contributed by atoms with E-state index in [1.165, 1.54) is 4.68 Å². The number of nitrogens with zero attached hydrogens (tertiary/aromatic N) is 3. The lowest BCUT2D eigenvalue weighted by Gasteiger charge is -2.30. The van der Waals surface area contributed by atoms with Crippen molar-refractivity contribution in [2.24, 2.45) is 7.05 Å². The lowest BCUT2D eigenvalue weighted by Crippen LogP contribution is -2.55. The van der Waals surface area contributed by atoms with Gasteiger partial charge in [0, 0.05) is 26.7 Å². The molecule has 8 nitrogen and oxygen atoms in total. The lowest BCUT2D eigenvalue weighted by atomic mass is 10.2.